The van der Waals surface area contributed by atoms with Crippen molar-refractivity contribution in [1.29, 1.82) is 0 Å². The quantitative estimate of drug-likeness (QED) is 0.340. The van der Waals surface area contributed by atoms with E-state index < -0.39 is 52.8 Å². The first kappa shape index (κ1) is 22.0. The molecule has 2 unspecified atom stereocenters. The van der Waals surface area contributed by atoms with E-state index in [1.165, 1.54) is 0 Å². The second-order valence-corrected chi connectivity index (χ2v) is 8.67. The van der Waals surface area contributed by atoms with Crippen molar-refractivity contribution in [2.45, 2.75) is 52.8 Å². The highest BCUT2D eigenvalue weighted by Gasteiger charge is 2.45. The number of alkyl halides is 3. The summed E-state index contributed by atoms with van der Waals surface area (Å²) in [4.78, 5) is 40.8. The Morgan fingerprint density at radius 3 is 2.20 bits per heavy atom. The van der Waals surface area contributed by atoms with Crippen LogP contribution in [0, 0.1) is 17.3 Å². The summed E-state index contributed by atoms with van der Waals surface area (Å²) in [5, 5.41) is 10.7. The van der Waals surface area contributed by atoms with E-state index in [9.17, 15) is 32.7 Å². The zero-order chi connectivity index (χ0) is 22.4. The number of hydrogen-bond donors (Lipinski definition) is 1. The Labute approximate surface area is 171 Å². The Morgan fingerprint density at radius 1 is 1.13 bits per heavy atom. The van der Waals surface area contributed by atoms with Crippen LogP contribution in [0.4, 0.5) is 13.2 Å². The number of nitrogens with zero attached hydrogens (tertiary/aromatic N) is 1. The fraction of sp³-hybridized carbons (Fsp3) is 0.524. The van der Waals surface area contributed by atoms with Gasteiger partial charge in [0, 0.05) is 17.4 Å². The number of aromatic nitrogens is 1. The Bertz CT molecular complexity index is 919. The molecule has 1 heterocycles. The smallest absolute Gasteiger partial charge is 0.433 e. The van der Waals surface area contributed by atoms with Crippen molar-refractivity contribution in [2.24, 2.45) is 17.3 Å². The van der Waals surface area contributed by atoms with E-state index in [1.807, 2.05) is 0 Å². The number of fused-ring (bicyclic) bond motifs is 2. The Morgan fingerprint density at radius 2 is 1.70 bits per heavy atom. The third-order valence-electron chi connectivity index (χ3n) is 5.38. The maximum atomic E-state index is 13.1. The number of allylic oxidation sites excluding steroid dienone is 1. The van der Waals surface area contributed by atoms with E-state index in [1.54, 1.807) is 20.8 Å². The molecule has 2 atom stereocenters. The van der Waals surface area contributed by atoms with E-state index in [2.05, 4.69) is 4.98 Å². The van der Waals surface area contributed by atoms with Crippen LogP contribution < -0.4 is 0 Å². The molecular formula is C21H22F3NO5. The van der Waals surface area contributed by atoms with Crippen molar-refractivity contribution in [3.8, 4) is 0 Å². The Kier molecular flexibility index (Phi) is 5.51. The number of esters is 1. The molecule has 2 saturated carbocycles. The van der Waals surface area contributed by atoms with Gasteiger partial charge < -0.3 is 9.84 Å². The average Bonchev–Trinajstić information content (AvgIpc) is 3.10. The van der Waals surface area contributed by atoms with E-state index in [4.69, 9.17) is 4.74 Å². The van der Waals surface area contributed by atoms with E-state index in [0.29, 0.717) is 25.3 Å². The number of hydrogen-bond acceptors (Lipinski definition) is 6. The normalized spacial score (nSPS) is 21.7. The first-order valence-corrected chi connectivity index (χ1v) is 9.57. The third kappa shape index (κ3) is 4.11. The molecule has 2 aliphatic rings. The number of aliphatic hydroxyl groups excluding tert-OH is 1. The summed E-state index contributed by atoms with van der Waals surface area (Å²) in [6, 6.07) is 1.59. The highest BCUT2D eigenvalue weighted by molar-refractivity contribution is 6.27. The number of rotatable bonds is 3. The van der Waals surface area contributed by atoms with Gasteiger partial charge in [-0.05, 0) is 52.2 Å². The number of pyridine rings is 1. The van der Waals surface area contributed by atoms with Crippen LogP contribution in [0.2, 0.25) is 0 Å². The number of Topliss-reactive ketones (excluding diaryl/α,β-unsaturated/α-hetero) is 2. The lowest BCUT2D eigenvalue weighted by Crippen LogP contribution is -2.30. The predicted octanol–water partition coefficient (Wildman–Crippen LogP) is 4.03. The molecule has 0 saturated heterocycles. The van der Waals surface area contributed by atoms with Crippen LogP contribution in [0.3, 0.4) is 0 Å². The maximum Gasteiger partial charge on any atom is 0.433 e. The average molecular weight is 425 g/mol. The minimum absolute atomic E-state index is 0.234. The van der Waals surface area contributed by atoms with Crippen LogP contribution in [0.1, 0.15) is 57.0 Å². The summed E-state index contributed by atoms with van der Waals surface area (Å²) in [6.07, 6.45) is -3.27. The number of carbonyl (C=O) groups is 3. The minimum Gasteiger partial charge on any atom is -0.506 e. The van der Waals surface area contributed by atoms with Crippen LogP contribution >= 0.6 is 0 Å². The lowest BCUT2D eigenvalue weighted by Gasteiger charge is -2.22. The maximum absolute atomic E-state index is 13.1. The summed E-state index contributed by atoms with van der Waals surface area (Å²) in [5.41, 5.74) is -3.17. The number of ketones is 2. The molecule has 1 N–H and O–H groups in total. The number of ether oxygens (including phenoxy) is 1. The zero-order valence-electron chi connectivity index (χ0n) is 16.8. The highest BCUT2D eigenvalue weighted by atomic mass is 19.4. The first-order chi connectivity index (χ1) is 13.8. The lowest BCUT2D eigenvalue weighted by atomic mass is 9.81. The Balaban J connectivity index is 2.06. The molecular weight excluding hydrogens is 403 g/mol. The molecule has 6 nitrogen and oxygen atoms in total. The fourth-order valence-corrected chi connectivity index (χ4v) is 3.69. The largest absolute Gasteiger partial charge is 0.506 e. The van der Waals surface area contributed by atoms with E-state index in [-0.39, 0.29) is 23.1 Å². The molecule has 162 valence electrons. The molecule has 3 rings (SSSR count). The molecule has 30 heavy (non-hydrogen) atoms. The second kappa shape index (κ2) is 7.52. The van der Waals surface area contributed by atoms with Gasteiger partial charge in [0.1, 0.15) is 23.6 Å². The van der Waals surface area contributed by atoms with Crippen LogP contribution in [0.25, 0.3) is 5.76 Å². The van der Waals surface area contributed by atoms with Crippen molar-refractivity contribution in [3.63, 3.8) is 0 Å². The lowest BCUT2D eigenvalue weighted by molar-refractivity contribution is -0.154. The summed E-state index contributed by atoms with van der Waals surface area (Å²) in [7, 11) is 0. The Hall–Kier alpha value is -2.71. The molecule has 9 heteroatoms. The van der Waals surface area contributed by atoms with Crippen molar-refractivity contribution in [3.05, 3.63) is 34.7 Å². The van der Waals surface area contributed by atoms with Crippen LogP contribution in [0.5, 0.6) is 0 Å². The molecule has 0 aromatic carbocycles. The van der Waals surface area contributed by atoms with Gasteiger partial charge in [-0.3, -0.25) is 14.4 Å². The van der Waals surface area contributed by atoms with Crippen molar-refractivity contribution < 1.29 is 37.4 Å². The predicted molar refractivity (Wildman–Crippen MR) is 98.9 cm³/mol. The molecule has 0 spiro atoms. The van der Waals surface area contributed by atoms with Gasteiger partial charge in [-0.25, -0.2) is 4.98 Å². The van der Waals surface area contributed by atoms with Gasteiger partial charge in [0.15, 0.2) is 11.6 Å². The highest BCUT2D eigenvalue weighted by Crippen LogP contribution is 2.42. The second-order valence-electron chi connectivity index (χ2n) is 8.67. The van der Waals surface area contributed by atoms with Crippen LogP contribution in [-0.2, 0) is 31.9 Å². The SMILES string of the molecule is CC(C)(C)C(=O)OCc1nc(C(F)(F)F)ccc1C(O)=C1C(=O)C2CCC(C2)C1=O. The molecule has 2 fully saturated rings. The first-order valence-electron chi connectivity index (χ1n) is 9.57. The minimum atomic E-state index is -4.76. The molecule has 1 aromatic rings. The summed E-state index contributed by atoms with van der Waals surface area (Å²) in [5.74, 6) is -3.18. The summed E-state index contributed by atoms with van der Waals surface area (Å²) >= 11 is 0. The standard InChI is InChI=1S/C21H22F3NO5/c1-20(2,3)19(29)30-9-13-12(6-7-14(25-13)21(22,23)24)18(28)15-16(26)10-4-5-11(8-10)17(15)27/h6-7,10-11,28H,4-5,8-9H2,1-3H3. The topological polar surface area (TPSA) is 93.6 Å². The molecule has 2 aliphatic carbocycles. The third-order valence-corrected chi connectivity index (χ3v) is 5.38. The van der Waals surface area contributed by atoms with Gasteiger partial charge in [0.2, 0.25) is 0 Å². The number of halogens is 3. The zero-order valence-corrected chi connectivity index (χ0v) is 16.8. The van der Waals surface area contributed by atoms with Gasteiger partial charge in [-0.2, -0.15) is 13.2 Å². The monoisotopic (exact) mass is 425 g/mol. The molecule has 1 aromatic heterocycles. The van der Waals surface area contributed by atoms with Gasteiger partial charge in [-0.15, -0.1) is 0 Å². The van der Waals surface area contributed by atoms with Crippen LogP contribution in [0.15, 0.2) is 17.7 Å². The summed E-state index contributed by atoms with van der Waals surface area (Å²) < 4.78 is 44.5. The summed E-state index contributed by atoms with van der Waals surface area (Å²) in [6.45, 7) is 4.07. The van der Waals surface area contributed by atoms with Gasteiger partial charge in [0.05, 0.1) is 11.1 Å². The van der Waals surface area contributed by atoms with Gasteiger partial charge in [-0.1, -0.05) is 0 Å². The molecule has 0 radical (unpaired) electrons. The molecule has 0 aliphatic heterocycles. The van der Waals surface area contributed by atoms with Crippen molar-refractivity contribution in [1.82, 2.24) is 4.98 Å². The van der Waals surface area contributed by atoms with Gasteiger partial charge in [0.25, 0.3) is 0 Å². The van der Waals surface area contributed by atoms with Crippen molar-refractivity contribution >= 4 is 23.3 Å². The van der Waals surface area contributed by atoms with E-state index in [0.717, 1.165) is 6.07 Å². The van der Waals surface area contributed by atoms with Crippen LogP contribution in [-0.4, -0.2) is 27.6 Å². The fourth-order valence-electron chi connectivity index (χ4n) is 3.69. The molecule has 2 bridgehead atoms. The van der Waals surface area contributed by atoms with Crippen molar-refractivity contribution in [2.75, 3.05) is 0 Å². The number of carbonyl (C=O) groups excluding carboxylic acids is 3. The molecule has 0 amide bonds. The number of aliphatic hydroxyl groups is 1. The van der Waals surface area contributed by atoms with E-state index >= 15 is 0 Å². The van der Waals surface area contributed by atoms with Gasteiger partial charge >= 0.3 is 12.1 Å².